The predicted octanol–water partition coefficient (Wildman–Crippen LogP) is 6.04. The number of alkyl halides is 1. The Morgan fingerprint density at radius 1 is 1.22 bits per heavy atom. The summed E-state index contributed by atoms with van der Waals surface area (Å²) in [7, 11) is 0. The molecule has 3 N–H and O–H groups in total. The van der Waals surface area contributed by atoms with Gasteiger partial charge in [0.2, 0.25) is 0 Å². The average molecular weight is 449 g/mol. The van der Waals surface area contributed by atoms with Crippen molar-refractivity contribution < 1.29 is 19.7 Å². The van der Waals surface area contributed by atoms with Crippen LogP contribution >= 0.6 is 0 Å². The van der Waals surface area contributed by atoms with Crippen LogP contribution in [0.4, 0.5) is 4.39 Å². The number of hydrogen-bond acceptors (Lipinski definition) is 3. The molecule has 4 heteroatoms. The summed E-state index contributed by atoms with van der Waals surface area (Å²) in [6.07, 6.45) is 11.3. The fourth-order valence-electron chi connectivity index (χ4n) is 6.69. The van der Waals surface area contributed by atoms with Crippen LogP contribution in [-0.4, -0.2) is 38.8 Å². The molecule has 0 aromatic rings. The molecule has 3 fully saturated rings. The Hall–Kier alpha value is -0.970. The highest BCUT2D eigenvalue weighted by atomic mass is 19.1. The first-order chi connectivity index (χ1) is 14.8. The van der Waals surface area contributed by atoms with E-state index in [4.69, 9.17) is 0 Å². The van der Waals surface area contributed by atoms with Crippen LogP contribution in [0.25, 0.3) is 0 Å². The van der Waals surface area contributed by atoms with Crippen molar-refractivity contribution in [1.82, 2.24) is 0 Å². The second kappa shape index (κ2) is 9.35. The van der Waals surface area contributed by atoms with Crippen molar-refractivity contribution in [3.63, 3.8) is 0 Å². The Balaban J connectivity index is 1.73. The van der Waals surface area contributed by atoms with E-state index < -0.39 is 23.5 Å². The van der Waals surface area contributed by atoms with Crippen molar-refractivity contribution in [2.75, 3.05) is 0 Å². The van der Waals surface area contributed by atoms with Crippen molar-refractivity contribution in [2.45, 2.75) is 116 Å². The molecule has 0 aromatic heterocycles. The van der Waals surface area contributed by atoms with E-state index in [-0.39, 0.29) is 5.41 Å². The molecule has 182 valence electrons. The monoisotopic (exact) mass is 448 g/mol. The number of allylic oxidation sites excluding steroid dienone is 3. The lowest BCUT2D eigenvalue weighted by Gasteiger charge is -2.45. The van der Waals surface area contributed by atoms with E-state index in [9.17, 15) is 19.7 Å². The minimum absolute atomic E-state index is 0.238. The molecule has 0 saturated heterocycles. The number of hydrogen-bond donors (Lipinski definition) is 3. The second-order valence-electron chi connectivity index (χ2n) is 11.9. The predicted molar refractivity (Wildman–Crippen MR) is 129 cm³/mol. The van der Waals surface area contributed by atoms with Crippen LogP contribution in [0.15, 0.2) is 35.5 Å². The molecular weight excluding hydrogens is 403 g/mol. The van der Waals surface area contributed by atoms with Crippen molar-refractivity contribution in [3.8, 4) is 0 Å². The van der Waals surface area contributed by atoms with Gasteiger partial charge in [0.1, 0.15) is 5.67 Å². The van der Waals surface area contributed by atoms with Gasteiger partial charge in [0.15, 0.2) is 0 Å². The van der Waals surface area contributed by atoms with Gasteiger partial charge in [-0.25, -0.2) is 4.39 Å². The summed E-state index contributed by atoms with van der Waals surface area (Å²) in [5, 5.41) is 30.8. The van der Waals surface area contributed by atoms with E-state index in [2.05, 4.69) is 32.6 Å². The Morgan fingerprint density at radius 2 is 1.91 bits per heavy atom. The van der Waals surface area contributed by atoms with Crippen LogP contribution in [0, 0.1) is 23.2 Å². The van der Waals surface area contributed by atoms with E-state index in [0.29, 0.717) is 37.0 Å². The zero-order valence-electron chi connectivity index (χ0n) is 20.8. The summed E-state index contributed by atoms with van der Waals surface area (Å²) in [5.41, 5.74) is 0.526. The van der Waals surface area contributed by atoms with Crippen molar-refractivity contribution in [2.24, 2.45) is 23.2 Å². The van der Waals surface area contributed by atoms with Crippen LogP contribution in [0.1, 0.15) is 92.4 Å². The molecule has 3 aliphatic carbocycles. The van der Waals surface area contributed by atoms with Gasteiger partial charge < -0.3 is 15.3 Å². The maximum atomic E-state index is 14.4. The molecule has 3 saturated carbocycles. The Bertz CT molecular complexity index is 759. The van der Waals surface area contributed by atoms with Crippen LogP contribution in [-0.2, 0) is 0 Å². The third-order valence-corrected chi connectivity index (χ3v) is 9.36. The topological polar surface area (TPSA) is 60.7 Å². The molecule has 0 amide bonds. The van der Waals surface area contributed by atoms with Gasteiger partial charge in [-0.15, -0.1) is 0 Å². The molecule has 3 rings (SSSR count). The van der Waals surface area contributed by atoms with Gasteiger partial charge in [-0.05, 0) is 106 Å². The summed E-state index contributed by atoms with van der Waals surface area (Å²) in [6.45, 7) is 13.3. The molecular formula is C28H45FO3. The van der Waals surface area contributed by atoms with Gasteiger partial charge in [-0.1, -0.05) is 38.2 Å². The van der Waals surface area contributed by atoms with E-state index >= 15 is 0 Å². The molecule has 0 spiro atoms. The van der Waals surface area contributed by atoms with Gasteiger partial charge in [0.05, 0.1) is 17.8 Å². The maximum absolute atomic E-state index is 14.4. The van der Waals surface area contributed by atoms with E-state index in [0.717, 1.165) is 24.0 Å². The quantitative estimate of drug-likeness (QED) is 0.464. The molecule has 0 aliphatic heterocycles. The first-order valence-electron chi connectivity index (χ1n) is 12.6. The molecule has 7 atom stereocenters. The molecule has 0 heterocycles. The lowest BCUT2D eigenvalue weighted by atomic mass is 9.60. The number of aliphatic hydroxyl groups excluding tert-OH is 2. The first-order valence-corrected chi connectivity index (χ1v) is 12.6. The highest BCUT2D eigenvalue weighted by Gasteiger charge is 2.51. The van der Waals surface area contributed by atoms with Gasteiger partial charge in [0, 0.05) is 6.42 Å². The summed E-state index contributed by atoms with van der Waals surface area (Å²) in [5.74, 6) is 1.57. The minimum Gasteiger partial charge on any atom is -0.393 e. The van der Waals surface area contributed by atoms with Crippen molar-refractivity contribution in [3.05, 3.63) is 35.5 Å². The number of aliphatic hydroxyl groups is 3. The van der Waals surface area contributed by atoms with Crippen molar-refractivity contribution in [1.29, 1.82) is 0 Å². The zero-order valence-corrected chi connectivity index (χ0v) is 20.8. The third-order valence-electron chi connectivity index (χ3n) is 9.36. The SMILES string of the molecule is C=C1/C(=C/C=C2\CCC[C@]3(C)[C@@H]([C@H](C)CC[C@@](C)(O)C(C)(C)F)CC[C@@H]23)C[C@@H](O)C[C@@H]1O. The Kier molecular flexibility index (Phi) is 7.49. The zero-order chi connectivity index (χ0) is 23.9. The Labute approximate surface area is 194 Å². The third kappa shape index (κ3) is 5.08. The lowest BCUT2D eigenvalue weighted by Crippen LogP contribution is -2.45. The van der Waals surface area contributed by atoms with E-state index in [1.54, 1.807) is 6.92 Å². The molecule has 3 nitrogen and oxygen atoms in total. The summed E-state index contributed by atoms with van der Waals surface area (Å²) >= 11 is 0. The second-order valence-corrected chi connectivity index (χ2v) is 11.9. The molecule has 0 bridgehead atoms. The molecule has 0 unspecified atom stereocenters. The summed E-state index contributed by atoms with van der Waals surface area (Å²) in [4.78, 5) is 0. The largest absolute Gasteiger partial charge is 0.393 e. The Morgan fingerprint density at radius 3 is 2.56 bits per heavy atom. The summed E-state index contributed by atoms with van der Waals surface area (Å²) < 4.78 is 14.4. The normalized spacial score (nSPS) is 39.2. The van der Waals surface area contributed by atoms with Gasteiger partial charge in [-0.2, -0.15) is 0 Å². The number of rotatable bonds is 6. The first kappa shape index (κ1) is 25.6. The van der Waals surface area contributed by atoms with Gasteiger partial charge in [0.25, 0.3) is 0 Å². The highest BCUT2D eigenvalue weighted by molar-refractivity contribution is 5.38. The van der Waals surface area contributed by atoms with Crippen LogP contribution < -0.4 is 0 Å². The minimum atomic E-state index is -1.60. The van der Waals surface area contributed by atoms with Crippen LogP contribution in [0.3, 0.4) is 0 Å². The molecule has 0 radical (unpaired) electrons. The van der Waals surface area contributed by atoms with Crippen LogP contribution in [0.2, 0.25) is 0 Å². The van der Waals surface area contributed by atoms with E-state index in [1.165, 1.54) is 45.1 Å². The van der Waals surface area contributed by atoms with E-state index in [1.807, 2.05) is 0 Å². The fourth-order valence-corrected chi connectivity index (χ4v) is 6.69. The maximum Gasteiger partial charge on any atom is 0.133 e. The molecule has 0 aromatic carbocycles. The smallest absolute Gasteiger partial charge is 0.133 e. The van der Waals surface area contributed by atoms with Gasteiger partial charge >= 0.3 is 0 Å². The van der Waals surface area contributed by atoms with Gasteiger partial charge in [-0.3, -0.25) is 0 Å². The average Bonchev–Trinajstić information content (AvgIpc) is 3.04. The molecule has 3 aliphatic rings. The highest BCUT2D eigenvalue weighted by Crippen LogP contribution is 2.60. The number of fused-ring (bicyclic) bond motifs is 1. The van der Waals surface area contributed by atoms with Crippen molar-refractivity contribution >= 4 is 0 Å². The fraction of sp³-hybridized carbons (Fsp3) is 0.786. The standard InChI is InChI=1S/C28H45FO3/c1-18(13-15-28(6,32)26(3,4)29)23-11-12-24-20(8-7-14-27(23,24)5)9-10-21-16-22(30)17-25(31)19(21)2/h9-10,18,22-25,30-32H,2,7-8,11-17H2,1,3-6H3/b20-9+,21-10+/t18-,22-,23-,24+,25+,27-,28-/m1/s1. The summed E-state index contributed by atoms with van der Waals surface area (Å²) in [6, 6.07) is 0. The molecule has 32 heavy (non-hydrogen) atoms. The lowest BCUT2D eigenvalue weighted by molar-refractivity contribution is -0.0814. The number of halogens is 1. The van der Waals surface area contributed by atoms with Crippen LogP contribution in [0.5, 0.6) is 0 Å².